The molecule has 0 aliphatic heterocycles. The van der Waals surface area contributed by atoms with Gasteiger partial charge in [0, 0.05) is 24.3 Å². The van der Waals surface area contributed by atoms with E-state index in [0.717, 1.165) is 11.1 Å². The Balaban J connectivity index is 0.00000178. The third kappa shape index (κ3) is 8.76. The van der Waals surface area contributed by atoms with Gasteiger partial charge in [0.2, 0.25) is 0 Å². The van der Waals surface area contributed by atoms with Crippen LogP contribution >= 0.6 is 0 Å². The van der Waals surface area contributed by atoms with Crippen LogP contribution in [0.2, 0.25) is 0 Å². The van der Waals surface area contributed by atoms with Gasteiger partial charge in [0.05, 0.1) is 0 Å². The summed E-state index contributed by atoms with van der Waals surface area (Å²) in [5.41, 5.74) is 2.86. The molecule has 1 unspecified atom stereocenters. The minimum Gasteiger partial charge on any atom is -0.300 e. The number of rotatable bonds is 8. The van der Waals surface area contributed by atoms with Crippen LogP contribution in [0.4, 0.5) is 0 Å². The Morgan fingerprint density at radius 1 is 1.04 bits per heavy atom. The largest absolute Gasteiger partial charge is 0.300 e. The van der Waals surface area contributed by atoms with Crippen molar-refractivity contribution in [3.05, 3.63) is 34.9 Å². The number of carbonyl (C=O) groups is 3. The highest BCUT2D eigenvalue weighted by Crippen LogP contribution is 2.24. The van der Waals surface area contributed by atoms with E-state index >= 15 is 0 Å². The zero-order chi connectivity index (χ0) is 19.6. The first-order chi connectivity index (χ1) is 11.6. The SMILES string of the molecule is CC(=O)CCC(CC(=O)c1ccc(C)cc1C(C)C)C(C)=O.CCC. The van der Waals surface area contributed by atoms with Crippen molar-refractivity contribution in [1.29, 1.82) is 0 Å². The summed E-state index contributed by atoms with van der Waals surface area (Å²) in [5, 5.41) is 0. The summed E-state index contributed by atoms with van der Waals surface area (Å²) in [6.45, 7) is 13.4. The second kappa shape index (κ2) is 11.7. The number of ketones is 3. The first-order valence-corrected chi connectivity index (χ1v) is 9.27. The summed E-state index contributed by atoms with van der Waals surface area (Å²) in [5.74, 6) is -0.0817. The standard InChI is InChI=1S/C19H26O3.C3H8/c1-12(2)18-10-13(3)6-9-17(18)19(22)11-16(15(5)21)8-7-14(4)20;1-3-2/h6,9-10,12,16H,7-8,11H2,1-5H3;3H2,1-2H3. The van der Waals surface area contributed by atoms with Crippen molar-refractivity contribution in [2.45, 2.75) is 80.1 Å². The zero-order valence-corrected chi connectivity index (χ0v) is 16.9. The molecule has 1 aromatic carbocycles. The summed E-state index contributed by atoms with van der Waals surface area (Å²) in [4.78, 5) is 35.4. The maximum Gasteiger partial charge on any atom is 0.163 e. The number of benzene rings is 1. The first kappa shape index (κ1) is 23.2. The highest BCUT2D eigenvalue weighted by atomic mass is 16.1. The number of aryl methyl sites for hydroxylation is 1. The molecular formula is C22H34O3. The van der Waals surface area contributed by atoms with Crippen molar-refractivity contribution in [2.75, 3.05) is 0 Å². The van der Waals surface area contributed by atoms with Crippen LogP contribution in [0.5, 0.6) is 0 Å². The van der Waals surface area contributed by atoms with Crippen LogP contribution in [0.15, 0.2) is 18.2 Å². The smallest absolute Gasteiger partial charge is 0.163 e. The maximum absolute atomic E-state index is 12.6. The van der Waals surface area contributed by atoms with Gasteiger partial charge in [-0.25, -0.2) is 0 Å². The molecule has 0 radical (unpaired) electrons. The Morgan fingerprint density at radius 3 is 2.04 bits per heavy atom. The lowest BCUT2D eigenvalue weighted by atomic mass is 9.86. The molecule has 1 rings (SSSR count). The molecule has 140 valence electrons. The van der Waals surface area contributed by atoms with Crippen molar-refractivity contribution in [2.24, 2.45) is 5.92 Å². The molecule has 0 heterocycles. The Bertz CT molecular complexity index is 585. The number of hydrogen-bond acceptors (Lipinski definition) is 3. The second-order valence-corrected chi connectivity index (χ2v) is 7.13. The molecule has 3 nitrogen and oxygen atoms in total. The third-order valence-electron chi connectivity index (χ3n) is 3.98. The van der Waals surface area contributed by atoms with E-state index in [4.69, 9.17) is 0 Å². The van der Waals surface area contributed by atoms with Crippen LogP contribution in [0.25, 0.3) is 0 Å². The zero-order valence-electron chi connectivity index (χ0n) is 16.9. The molecule has 0 aliphatic carbocycles. The Labute approximate surface area is 153 Å². The molecule has 0 amide bonds. The van der Waals surface area contributed by atoms with Gasteiger partial charge in [-0.05, 0) is 38.7 Å². The monoisotopic (exact) mass is 346 g/mol. The molecule has 0 fully saturated rings. The molecule has 3 heteroatoms. The van der Waals surface area contributed by atoms with Gasteiger partial charge in [0.15, 0.2) is 5.78 Å². The summed E-state index contributed by atoms with van der Waals surface area (Å²) >= 11 is 0. The van der Waals surface area contributed by atoms with Crippen LogP contribution in [0.1, 0.15) is 94.6 Å². The van der Waals surface area contributed by atoms with E-state index in [2.05, 4.69) is 27.7 Å². The fourth-order valence-corrected chi connectivity index (χ4v) is 2.57. The average molecular weight is 347 g/mol. The van der Waals surface area contributed by atoms with E-state index in [-0.39, 0.29) is 35.6 Å². The minimum atomic E-state index is -0.363. The summed E-state index contributed by atoms with van der Waals surface area (Å²) in [6, 6.07) is 5.82. The van der Waals surface area contributed by atoms with Crippen LogP contribution in [0.3, 0.4) is 0 Å². The van der Waals surface area contributed by atoms with Crippen LogP contribution in [-0.2, 0) is 9.59 Å². The van der Waals surface area contributed by atoms with E-state index in [0.29, 0.717) is 18.4 Å². The molecule has 0 spiro atoms. The molecule has 0 N–H and O–H groups in total. The van der Waals surface area contributed by atoms with Gasteiger partial charge >= 0.3 is 0 Å². The molecule has 25 heavy (non-hydrogen) atoms. The summed E-state index contributed by atoms with van der Waals surface area (Å²) in [7, 11) is 0. The first-order valence-electron chi connectivity index (χ1n) is 9.27. The van der Waals surface area contributed by atoms with Gasteiger partial charge < -0.3 is 4.79 Å². The predicted octanol–water partition coefficient (Wildman–Crippen LogP) is 5.68. The fraction of sp³-hybridized carbons (Fsp3) is 0.591. The number of carbonyl (C=O) groups excluding carboxylic acids is 3. The van der Waals surface area contributed by atoms with Crippen LogP contribution < -0.4 is 0 Å². The van der Waals surface area contributed by atoms with Crippen molar-refractivity contribution in [1.82, 2.24) is 0 Å². The fourth-order valence-electron chi connectivity index (χ4n) is 2.57. The topological polar surface area (TPSA) is 51.2 Å². The Hall–Kier alpha value is -1.77. The van der Waals surface area contributed by atoms with Crippen molar-refractivity contribution >= 4 is 17.3 Å². The lowest BCUT2D eigenvalue weighted by Crippen LogP contribution is -2.18. The Morgan fingerprint density at radius 2 is 1.60 bits per heavy atom. The molecule has 0 aromatic heterocycles. The van der Waals surface area contributed by atoms with Gasteiger partial charge in [-0.2, -0.15) is 0 Å². The number of hydrogen-bond donors (Lipinski definition) is 0. The van der Waals surface area contributed by atoms with E-state index in [1.807, 2.05) is 25.1 Å². The van der Waals surface area contributed by atoms with E-state index in [9.17, 15) is 14.4 Å². The predicted molar refractivity (Wildman–Crippen MR) is 104 cm³/mol. The molecule has 0 saturated carbocycles. The molecule has 0 saturated heterocycles. The molecule has 0 aliphatic rings. The Kier molecular flexibility index (Phi) is 10.9. The van der Waals surface area contributed by atoms with Gasteiger partial charge in [0.1, 0.15) is 11.6 Å². The quantitative estimate of drug-likeness (QED) is 0.569. The van der Waals surface area contributed by atoms with Gasteiger partial charge in [-0.3, -0.25) is 9.59 Å². The molecule has 1 atom stereocenters. The molecule has 1 aromatic rings. The van der Waals surface area contributed by atoms with Gasteiger partial charge in [0.25, 0.3) is 0 Å². The summed E-state index contributed by atoms with van der Waals surface area (Å²) in [6.07, 6.45) is 2.24. The van der Waals surface area contributed by atoms with E-state index in [1.165, 1.54) is 20.3 Å². The molecule has 0 bridgehead atoms. The normalized spacial score (nSPS) is 11.5. The summed E-state index contributed by atoms with van der Waals surface area (Å²) < 4.78 is 0. The van der Waals surface area contributed by atoms with E-state index < -0.39 is 0 Å². The highest BCUT2D eigenvalue weighted by molar-refractivity contribution is 6.00. The minimum absolute atomic E-state index is 0.00699. The van der Waals surface area contributed by atoms with Crippen molar-refractivity contribution < 1.29 is 14.4 Å². The number of Topliss-reactive ketones (excluding diaryl/α,β-unsaturated/α-hetero) is 3. The third-order valence-corrected chi connectivity index (χ3v) is 3.98. The highest BCUT2D eigenvalue weighted by Gasteiger charge is 2.22. The van der Waals surface area contributed by atoms with Crippen LogP contribution in [0, 0.1) is 12.8 Å². The van der Waals surface area contributed by atoms with Crippen LogP contribution in [-0.4, -0.2) is 17.3 Å². The molecular weight excluding hydrogens is 312 g/mol. The van der Waals surface area contributed by atoms with E-state index in [1.54, 1.807) is 0 Å². The van der Waals surface area contributed by atoms with Crippen molar-refractivity contribution in [3.8, 4) is 0 Å². The van der Waals surface area contributed by atoms with Gasteiger partial charge in [-0.1, -0.05) is 57.9 Å². The maximum atomic E-state index is 12.6. The second-order valence-electron chi connectivity index (χ2n) is 7.13. The van der Waals surface area contributed by atoms with Crippen molar-refractivity contribution in [3.63, 3.8) is 0 Å². The lowest BCUT2D eigenvalue weighted by molar-refractivity contribution is -0.121. The average Bonchev–Trinajstić information content (AvgIpc) is 2.51. The van der Waals surface area contributed by atoms with Gasteiger partial charge in [-0.15, -0.1) is 0 Å². The lowest BCUT2D eigenvalue weighted by Gasteiger charge is -2.16.